The predicted octanol–water partition coefficient (Wildman–Crippen LogP) is 3.67. The summed E-state index contributed by atoms with van der Waals surface area (Å²) in [6, 6.07) is 11.6. The Labute approximate surface area is 251 Å². The summed E-state index contributed by atoms with van der Waals surface area (Å²) >= 11 is 0. The molecule has 1 heterocycles. The van der Waals surface area contributed by atoms with Crippen molar-refractivity contribution in [2.75, 3.05) is 20.3 Å². The van der Waals surface area contributed by atoms with E-state index in [4.69, 9.17) is 14.2 Å². The fraction of sp³-hybridized carbons (Fsp3) is 0.515. The van der Waals surface area contributed by atoms with Crippen molar-refractivity contribution in [3.8, 4) is 6.07 Å². The summed E-state index contributed by atoms with van der Waals surface area (Å²) in [5, 5.41) is 32.1. The van der Waals surface area contributed by atoms with Gasteiger partial charge in [-0.15, -0.1) is 0 Å². The number of carbonyl (C=O) groups excluding carboxylic acids is 3. The molecule has 3 aliphatic carbocycles. The number of methoxy groups -OCH3 is 1. The second kappa shape index (κ2) is 11.6. The Morgan fingerprint density at radius 3 is 2.60 bits per heavy atom. The first-order valence-electron chi connectivity index (χ1n) is 14.6. The number of benzene rings is 1. The van der Waals surface area contributed by atoms with Crippen LogP contribution in [0.5, 0.6) is 0 Å². The van der Waals surface area contributed by atoms with Crippen molar-refractivity contribution in [1.29, 1.82) is 5.26 Å². The van der Waals surface area contributed by atoms with Gasteiger partial charge in [0.25, 0.3) is 0 Å². The number of rotatable bonds is 8. The maximum atomic E-state index is 14.2. The van der Waals surface area contributed by atoms with Crippen molar-refractivity contribution in [3.05, 3.63) is 70.1 Å². The van der Waals surface area contributed by atoms with Gasteiger partial charge in [-0.25, -0.2) is 4.79 Å². The molecule has 1 aromatic carbocycles. The Hall–Kier alpha value is -3.94. The number of hydrogen-bond donors (Lipinski definition) is 2. The van der Waals surface area contributed by atoms with Gasteiger partial charge in [0, 0.05) is 49.9 Å². The van der Waals surface area contributed by atoms with Crippen LogP contribution in [0.15, 0.2) is 64.6 Å². The Morgan fingerprint density at radius 1 is 1.23 bits per heavy atom. The van der Waals surface area contributed by atoms with Crippen molar-refractivity contribution in [1.82, 2.24) is 4.90 Å². The first-order valence-corrected chi connectivity index (χ1v) is 14.6. The normalized spacial score (nSPS) is 32.5. The monoisotopic (exact) mass is 590 g/mol. The number of ether oxygens (including phenoxy) is 3. The third-order valence-corrected chi connectivity index (χ3v) is 9.71. The van der Waals surface area contributed by atoms with Crippen molar-refractivity contribution in [2.45, 2.75) is 71.3 Å². The number of ketones is 1. The molecule has 0 spiro atoms. The molecule has 0 radical (unpaired) electrons. The van der Waals surface area contributed by atoms with E-state index >= 15 is 0 Å². The zero-order valence-electron chi connectivity index (χ0n) is 25.0. The average Bonchev–Trinajstić information content (AvgIpc) is 3.26. The average molecular weight is 591 g/mol. The Kier molecular flexibility index (Phi) is 8.25. The molecule has 2 fully saturated rings. The number of carbonyl (C=O) groups is 3. The molecule has 43 heavy (non-hydrogen) atoms. The van der Waals surface area contributed by atoms with Gasteiger partial charge in [-0.1, -0.05) is 37.3 Å². The number of nitrogens with zero attached hydrogens (tertiary/aromatic N) is 2. The number of aliphatic hydroxyl groups excluding tert-OH is 2. The van der Waals surface area contributed by atoms with Gasteiger partial charge in [-0.05, 0) is 43.2 Å². The van der Waals surface area contributed by atoms with E-state index in [9.17, 15) is 29.9 Å². The molecule has 6 atom stereocenters. The lowest BCUT2D eigenvalue weighted by atomic mass is 9.53. The van der Waals surface area contributed by atoms with E-state index in [1.807, 2.05) is 37.3 Å². The molecule has 1 aromatic rings. The Bertz CT molecular complexity index is 1460. The van der Waals surface area contributed by atoms with Gasteiger partial charge in [0.05, 0.1) is 36.2 Å². The van der Waals surface area contributed by atoms with Gasteiger partial charge in [0.15, 0.2) is 5.76 Å². The van der Waals surface area contributed by atoms with Gasteiger partial charge in [0.1, 0.15) is 12.2 Å². The molecule has 0 amide bonds. The quantitative estimate of drug-likeness (QED) is 0.340. The van der Waals surface area contributed by atoms with E-state index in [1.165, 1.54) is 14.0 Å². The molecule has 5 rings (SSSR count). The van der Waals surface area contributed by atoms with Gasteiger partial charge < -0.3 is 29.3 Å². The van der Waals surface area contributed by atoms with Crippen molar-refractivity contribution >= 4 is 17.7 Å². The number of aliphatic hydroxyl groups is 2. The smallest absolute Gasteiger partial charge is 0.340 e. The number of hydrogen-bond acceptors (Lipinski definition) is 10. The Morgan fingerprint density at radius 2 is 1.95 bits per heavy atom. The fourth-order valence-electron chi connectivity index (χ4n) is 7.66. The largest absolute Gasteiger partial charge is 0.504 e. The van der Waals surface area contributed by atoms with Crippen LogP contribution in [-0.4, -0.2) is 71.4 Å². The van der Waals surface area contributed by atoms with Crippen LogP contribution in [0.25, 0.3) is 0 Å². The van der Waals surface area contributed by atoms with Crippen LogP contribution in [0.2, 0.25) is 0 Å². The summed E-state index contributed by atoms with van der Waals surface area (Å²) in [5.74, 6) is -2.91. The molecule has 228 valence electrons. The second-order valence-corrected chi connectivity index (χ2v) is 12.3. The van der Waals surface area contributed by atoms with Gasteiger partial charge in [0.2, 0.25) is 5.78 Å². The van der Waals surface area contributed by atoms with E-state index in [1.54, 1.807) is 18.0 Å². The molecule has 4 aliphatic rings. The van der Waals surface area contributed by atoms with Crippen LogP contribution in [0.3, 0.4) is 0 Å². The predicted molar refractivity (Wildman–Crippen MR) is 154 cm³/mol. The third-order valence-electron chi connectivity index (χ3n) is 9.71. The highest BCUT2D eigenvalue weighted by atomic mass is 16.6. The highest BCUT2D eigenvalue weighted by Gasteiger charge is 2.64. The first kappa shape index (κ1) is 30.5. The van der Waals surface area contributed by atoms with E-state index in [-0.39, 0.29) is 37.1 Å². The standard InChI is InChI=1S/C33H38N2O8/c1-19(36)42-23-15-32(2)22(11-12-24(32)37)26-28(23)33(3)25(18-41-4)43-31(40)21(27(33)30(39)29(26)38)17-35(14-8-13-34)16-20-9-6-5-7-10-20/h5-7,9-10,17,22-25,37,39H,8,11-12,14-16,18H2,1-4H3. The first-order chi connectivity index (χ1) is 20.5. The van der Waals surface area contributed by atoms with Crippen molar-refractivity contribution in [3.63, 3.8) is 0 Å². The highest BCUT2D eigenvalue weighted by molar-refractivity contribution is 6.13. The van der Waals surface area contributed by atoms with E-state index < -0.39 is 58.5 Å². The maximum Gasteiger partial charge on any atom is 0.340 e. The zero-order valence-corrected chi connectivity index (χ0v) is 25.0. The van der Waals surface area contributed by atoms with Crippen LogP contribution in [-0.2, 0) is 35.1 Å². The van der Waals surface area contributed by atoms with Gasteiger partial charge in [-0.2, -0.15) is 5.26 Å². The lowest BCUT2D eigenvalue weighted by Gasteiger charge is -2.54. The van der Waals surface area contributed by atoms with E-state index in [2.05, 4.69) is 6.07 Å². The fourth-order valence-corrected chi connectivity index (χ4v) is 7.66. The SMILES string of the molecule is COCC1OC(=O)C(=CN(CCC#N)Cc2ccccc2)C2=C(O)C(=O)C3=C(C(OC(C)=O)CC4(C)C(O)CCC34)C21C. The number of cyclic esters (lactones) is 1. The van der Waals surface area contributed by atoms with Gasteiger partial charge in [-0.3, -0.25) is 9.59 Å². The van der Waals surface area contributed by atoms with E-state index in [0.717, 1.165) is 5.56 Å². The van der Waals surface area contributed by atoms with Crippen LogP contribution >= 0.6 is 0 Å². The number of fused-ring (bicyclic) bond motifs is 4. The summed E-state index contributed by atoms with van der Waals surface area (Å²) in [6.07, 6.45) is 0.382. The summed E-state index contributed by atoms with van der Waals surface area (Å²) in [4.78, 5) is 42.0. The molecule has 0 bridgehead atoms. The molecule has 10 heteroatoms. The highest BCUT2D eigenvalue weighted by Crippen LogP contribution is 2.63. The number of Topliss-reactive ketones (excluding diaryl/α,β-unsaturated/α-hetero) is 1. The van der Waals surface area contributed by atoms with E-state index in [0.29, 0.717) is 30.5 Å². The third kappa shape index (κ3) is 5.04. The minimum atomic E-state index is -1.30. The second-order valence-electron chi connectivity index (χ2n) is 12.3. The number of allylic oxidation sites excluding steroid dienone is 1. The summed E-state index contributed by atoms with van der Waals surface area (Å²) < 4.78 is 17.3. The minimum absolute atomic E-state index is 0.0116. The number of esters is 2. The number of nitriles is 1. The molecular weight excluding hydrogens is 552 g/mol. The molecule has 1 saturated heterocycles. The van der Waals surface area contributed by atoms with Crippen LogP contribution in [0.4, 0.5) is 0 Å². The van der Waals surface area contributed by atoms with Gasteiger partial charge >= 0.3 is 11.9 Å². The molecule has 0 aromatic heterocycles. The molecule has 1 aliphatic heterocycles. The maximum absolute atomic E-state index is 14.2. The molecular formula is C33H38N2O8. The van der Waals surface area contributed by atoms with Crippen molar-refractivity contribution < 1.29 is 38.8 Å². The zero-order chi connectivity index (χ0) is 31.1. The molecule has 6 unspecified atom stereocenters. The lowest BCUT2D eigenvalue weighted by Crippen LogP contribution is -2.57. The van der Waals surface area contributed by atoms with Crippen LogP contribution in [0.1, 0.15) is 52.0 Å². The lowest BCUT2D eigenvalue weighted by molar-refractivity contribution is -0.161. The molecule has 2 N–H and O–H groups in total. The van der Waals surface area contributed by atoms with Crippen LogP contribution in [0, 0.1) is 28.1 Å². The summed E-state index contributed by atoms with van der Waals surface area (Å²) in [7, 11) is 1.47. The molecule has 10 nitrogen and oxygen atoms in total. The minimum Gasteiger partial charge on any atom is -0.504 e. The molecule has 1 saturated carbocycles. The van der Waals surface area contributed by atoms with Crippen LogP contribution < -0.4 is 0 Å². The Balaban J connectivity index is 1.71. The van der Waals surface area contributed by atoms with Crippen molar-refractivity contribution in [2.24, 2.45) is 16.7 Å². The summed E-state index contributed by atoms with van der Waals surface area (Å²) in [6.45, 7) is 5.56. The summed E-state index contributed by atoms with van der Waals surface area (Å²) in [5.41, 5.74) is -0.260. The topological polar surface area (TPSA) is 146 Å².